The predicted octanol–water partition coefficient (Wildman–Crippen LogP) is 1.60. The number of ether oxygens (including phenoxy) is 2. The zero-order chi connectivity index (χ0) is 30.5. The smallest absolute Gasteiger partial charge is 0.254 e. The summed E-state index contributed by atoms with van der Waals surface area (Å²) in [6, 6.07) is 12.2. The van der Waals surface area contributed by atoms with E-state index in [0.29, 0.717) is 12.0 Å². The van der Waals surface area contributed by atoms with Crippen molar-refractivity contribution in [3.05, 3.63) is 69.9 Å². The second-order valence-electron chi connectivity index (χ2n) is 11.6. The van der Waals surface area contributed by atoms with Crippen LogP contribution >= 0.6 is 15.9 Å². The van der Waals surface area contributed by atoms with Crippen LogP contribution in [0.4, 0.5) is 4.39 Å². The first-order valence-corrected chi connectivity index (χ1v) is 15.1. The summed E-state index contributed by atoms with van der Waals surface area (Å²) in [6.07, 6.45) is -0.394. The van der Waals surface area contributed by atoms with E-state index in [4.69, 9.17) is 15.2 Å². The summed E-state index contributed by atoms with van der Waals surface area (Å²) in [4.78, 5) is 70.7. The Kier molecular flexibility index (Phi) is 7.95. The highest BCUT2D eigenvalue weighted by molar-refractivity contribution is 9.10. The first-order valence-electron chi connectivity index (χ1n) is 14.3. The Balaban J connectivity index is 1.43. The molecule has 0 radical (unpaired) electrons. The van der Waals surface area contributed by atoms with E-state index in [1.165, 1.54) is 21.9 Å². The lowest BCUT2D eigenvalue weighted by Crippen LogP contribution is -2.65. The molecule has 6 rings (SSSR count). The Morgan fingerprint density at radius 3 is 2.19 bits per heavy atom. The Bertz CT molecular complexity index is 1470. The van der Waals surface area contributed by atoms with Crippen molar-refractivity contribution in [1.82, 2.24) is 9.80 Å². The van der Waals surface area contributed by atoms with Gasteiger partial charge in [0.2, 0.25) is 17.4 Å². The molecule has 226 valence electrons. The number of fused-ring (bicyclic) bond motifs is 2. The molecule has 2 N–H and O–H groups in total. The molecule has 6 unspecified atom stereocenters. The largest absolute Gasteiger partial charge is 0.368 e. The van der Waals surface area contributed by atoms with Gasteiger partial charge in [0.05, 0.1) is 24.0 Å². The molecule has 0 saturated carbocycles. The van der Waals surface area contributed by atoms with Crippen molar-refractivity contribution in [1.29, 1.82) is 0 Å². The number of Topliss-reactive ketones (excluding diaryl/α,β-unsaturated/α-hetero) is 2. The van der Waals surface area contributed by atoms with Crippen LogP contribution in [0, 0.1) is 17.7 Å². The molecule has 43 heavy (non-hydrogen) atoms. The quantitative estimate of drug-likeness (QED) is 0.427. The average Bonchev–Trinajstić information content (AvgIpc) is 3.75. The molecule has 0 aromatic heterocycles. The van der Waals surface area contributed by atoms with Crippen molar-refractivity contribution in [2.75, 3.05) is 26.3 Å². The highest BCUT2D eigenvalue weighted by Crippen LogP contribution is 2.41. The van der Waals surface area contributed by atoms with E-state index in [9.17, 15) is 28.4 Å². The number of carbonyl (C=O) groups excluding carboxylic acids is 5. The molecule has 4 saturated heterocycles. The molecule has 10 nitrogen and oxygen atoms in total. The van der Waals surface area contributed by atoms with Crippen molar-refractivity contribution in [3.63, 3.8) is 0 Å². The summed E-state index contributed by atoms with van der Waals surface area (Å²) >= 11 is 3.42. The van der Waals surface area contributed by atoms with Gasteiger partial charge in [-0.3, -0.25) is 24.0 Å². The molecule has 4 heterocycles. The van der Waals surface area contributed by atoms with Gasteiger partial charge in [-0.15, -0.1) is 0 Å². The monoisotopic (exact) mass is 655 g/mol. The van der Waals surface area contributed by atoms with Crippen molar-refractivity contribution in [2.45, 2.75) is 49.5 Å². The van der Waals surface area contributed by atoms with Gasteiger partial charge in [-0.1, -0.05) is 40.2 Å². The SMILES string of the molecule is NC(=O)C12C(=O)COC1CCN2C(=O)C(Cc1ccc(Br)cc1)C(Cc1ccc(F)cc1)C(=O)N1CCC2OCC(=O)C21. The maximum Gasteiger partial charge on any atom is 0.254 e. The standard InChI is InChI=1S/C31H31BrFN3O7/c32-19-5-1-17(2-6-19)14-22(29(40)36-12-10-26-31(36,30(34)41)25(38)16-43-26)21(13-18-3-7-20(33)8-4-18)28(39)35-11-9-24-27(35)23(37)15-42-24/h1-8,21-22,24,26-27H,9-16H2,(H2,34,41). The molecule has 0 bridgehead atoms. The fourth-order valence-electron chi connectivity index (χ4n) is 7.15. The van der Waals surface area contributed by atoms with Crippen LogP contribution < -0.4 is 5.73 Å². The Hall–Kier alpha value is -3.48. The number of rotatable bonds is 8. The van der Waals surface area contributed by atoms with E-state index >= 15 is 0 Å². The minimum absolute atomic E-state index is 0.0488. The van der Waals surface area contributed by atoms with Crippen LogP contribution in [0.3, 0.4) is 0 Å². The van der Waals surface area contributed by atoms with Gasteiger partial charge in [0.15, 0.2) is 11.6 Å². The minimum Gasteiger partial charge on any atom is -0.368 e. The number of ketones is 2. The number of primary amides is 1. The van der Waals surface area contributed by atoms with Gasteiger partial charge in [-0.05, 0) is 61.1 Å². The van der Waals surface area contributed by atoms with E-state index in [2.05, 4.69) is 15.9 Å². The number of nitrogens with two attached hydrogens (primary N) is 1. The van der Waals surface area contributed by atoms with Gasteiger partial charge in [-0.25, -0.2) is 4.39 Å². The number of amides is 3. The third-order valence-corrected chi connectivity index (χ3v) is 9.77. The number of carbonyl (C=O) groups is 5. The fraction of sp³-hybridized carbons (Fsp3) is 0.452. The van der Waals surface area contributed by atoms with Gasteiger partial charge >= 0.3 is 0 Å². The summed E-state index contributed by atoms with van der Waals surface area (Å²) in [5, 5.41) is 0. The van der Waals surface area contributed by atoms with Crippen LogP contribution in [-0.2, 0) is 46.3 Å². The third-order valence-electron chi connectivity index (χ3n) is 9.24. The van der Waals surface area contributed by atoms with Crippen molar-refractivity contribution >= 4 is 45.2 Å². The molecule has 4 aliphatic heterocycles. The Labute approximate surface area is 255 Å². The van der Waals surface area contributed by atoms with Gasteiger partial charge in [0, 0.05) is 17.6 Å². The molecule has 3 amide bonds. The zero-order valence-corrected chi connectivity index (χ0v) is 24.8. The highest BCUT2D eigenvalue weighted by Gasteiger charge is 2.65. The molecule has 12 heteroatoms. The van der Waals surface area contributed by atoms with Crippen LogP contribution in [0.25, 0.3) is 0 Å². The van der Waals surface area contributed by atoms with Crippen LogP contribution in [0.15, 0.2) is 53.0 Å². The predicted molar refractivity (Wildman–Crippen MR) is 153 cm³/mol. The van der Waals surface area contributed by atoms with E-state index in [-0.39, 0.29) is 51.3 Å². The van der Waals surface area contributed by atoms with Crippen LogP contribution in [-0.4, -0.2) is 89.2 Å². The number of nitrogens with zero attached hydrogens (tertiary/aromatic N) is 2. The van der Waals surface area contributed by atoms with E-state index in [1.807, 2.05) is 24.3 Å². The summed E-state index contributed by atoms with van der Waals surface area (Å²) < 4.78 is 25.9. The van der Waals surface area contributed by atoms with Crippen LogP contribution in [0.2, 0.25) is 0 Å². The molecule has 0 spiro atoms. The maximum absolute atomic E-state index is 14.7. The normalized spacial score (nSPS) is 27.7. The lowest BCUT2D eigenvalue weighted by molar-refractivity contribution is -0.156. The Morgan fingerprint density at radius 1 is 0.907 bits per heavy atom. The summed E-state index contributed by atoms with van der Waals surface area (Å²) in [6.45, 7) is -0.0946. The number of likely N-dealkylation sites (tertiary alicyclic amines) is 2. The number of halogens is 2. The van der Waals surface area contributed by atoms with Gasteiger partial charge in [-0.2, -0.15) is 0 Å². The van der Waals surface area contributed by atoms with Gasteiger partial charge in [0.1, 0.15) is 25.1 Å². The minimum atomic E-state index is -1.95. The van der Waals surface area contributed by atoms with Crippen molar-refractivity contribution < 1.29 is 37.8 Å². The van der Waals surface area contributed by atoms with Gasteiger partial charge < -0.3 is 25.0 Å². The second kappa shape index (κ2) is 11.5. The molecule has 4 fully saturated rings. The van der Waals surface area contributed by atoms with E-state index in [1.54, 1.807) is 12.1 Å². The Morgan fingerprint density at radius 2 is 1.53 bits per heavy atom. The third kappa shape index (κ3) is 5.08. The van der Waals surface area contributed by atoms with E-state index in [0.717, 1.165) is 10.0 Å². The summed E-state index contributed by atoms with van der Waals surface area (Å²) in [7, 11) is 0. The summed E-state index contributed by atoms with van der Waals surface area (Å²) in [5.41, 5.74) is 5.22. The molecule has 2 aromatic carbocycles. The summed E-state index contributed by atoms with van der Waals surface area (Å²) in [5.74, 6) is -5.26. The average molecular weight is 657 g/mol. The lowest BCUT2D eigenvalue weighted by Gasteiger charge is -2.38. The number of benzene rings is 2. The molecule has 6 atom stereocenters. The zero-order valence-electron chi connectivity index (χ0n) is 23.2. The van der Waals surface area contributed by atoms with Crippen molar-refractivity contribution in [2.24, 2.45) is 17.6 Å². The van der Waals surface area contributed by atoms with Crippen LogP contribution in [0.5, 0.6) is 0 Å². The van der Waals surface area contributed by atoms with Crippen molar-refractivity contribution in [3.8, 4) is 0 Å². The fourth-order valence-corrected chi connectivity index (χ4v) is 7.41. The molecular formula is C31H31BrFN3O7. The number of hydrogen-bond acceptors (Lipinski definition) is 7. The molecule has 0 aliphatic carbocycles. The van der Waals surface area contributed by atoms with Crippen LogP contribution in [0.1, 0.15) is 24.0 Å². The number of hydrogen-bond donors (Lipinski definition) is 1. The molecular weight excluding hydrogens is 625 g/mol. The first-order chi connectivity index (χ1) is 20.6. The first kappa shape index (κ1) is 29.6. The molecule has 2 aromatic rings. The maximum atomic E-state index is 14.7. The topological polar surface area (TPSA) is 136 Å². The second-order valence-corrected chi connectivity index (χ2v) is 12.5. The van der Waals surface area contributed by atoms with Gasteiger partial charge in [0.25, 0.3) is 5.91 Å². The lowest BCUT2D eigenvalue weighted by atomic mass is 9.79. The van der Waals surface area contributed by atoms with E-state index < -0.39 is 64.9 Å². The molecule has 4 aliphatic rings. The highest BCUT2D eigenvalue weighted by atomic mass is 79.9.